The van der Waals surface area contributed by atoms with Crippen molar-refractivity contribution in [3.63, 3.8) is 0 Å². The van der Waals surface area contributed by atoms with Crippen molar-refractivity contribution in [3.05, 3.63) is 62.0 Å². The molecule has 0 aliphatic heterocycles. The van der Waals surface area contributed by atoms with Gasteiger partial charge in [-0.3, -0.25) is 4.79 Å². The maximum atomic E-state index is 13.0. The van der Waals surface area contributed by atoms with Gasteiger partial charge in [-0.2, -0.15) is 0 Å². The van der Waals surface area contributed by atoms with Crippen molar-refractivity contribution in [1.29, 1.82) is 0 Å². The summed E-state index contributed by atoms with van der Waals surface area (Å²) in [4.78, 5) is 18.8. The molecule has 0 aliphatic rings. The number of thiophene rings is 1. The molecule has 2 aromatic heterocycles. The van der Waals surface area contributed by atoms with Gasteiger partial charge in [0.05, 0.1) is 26.2 Å². The molecule has 24 heavy (non-hydrogen) atoms. The second-order valence-electron chi connectivity index (χ2n) is 5.15. The van der Waals surface area contributed by atoms with E-state index in [1.807, 2.05) is 24.4 Å². The summed E-state index contributed by atoms with van der Waals surface area (Å²) in [7, 11) is 0. The smallest absolute Gasteiger partial charge is 0.252 e. The molecule has 0 saturated heterocycles. The number of hydrogen-bond donors (Lipinski definition) is 1. The SMILES string of the molecule is Cc1nc(-c2ccc(CCNC(=O)c3ccc(F)cc3Cl)s2)cs1. The van der Waals surface area contributed by atoms with Gasteiger partial charge in [0, 0.05) is 16.8 Å². The van der Waals surface area contributed by atoms with Crippen LogP contribution in [-0.4, -0.2) is 17.4 Å². The van der Waals surface area contributed by atoms with Gasteiger partial charge in [0.2, 0.25) is 0 Å². The number of nitrogens with zero attached hydrogens (tertiary/aromatic N) is 1. The summed E-state index contributed by atoms with van der Waals surface area (Å²) in [5, 5.41) is 6.01. The Hall–Kier alpha value is -1.76. The van der Waals surface area contributed by atoms with Crippen molar-refractivity contribution in [1.82, 2.24) is 10.3 Å². The van der Waals surface area contributed by atoms with Crippen molar-refractivity contribution >= 4 is 40.2 Å². The quantitative estimate of drug-likeness (QED) is 0.680. The Kier molecular flexibility index (Phi) is 5.28. The van der Waals surface area contributed by atoms with Crippen LogP contribution in [0.4, 0.5) is 4.39 Å². The van der Waals surface area contributed by atoms with Crippen LogP contribution in [0, 0.1) is 12.7 Å². The zero-order chi connectivity index (χ0) is 17.1. The summed E-state index contributed by atoms with van der Waals surface area (Å²) in [6, 6.07) is 7.85. The van der Waals surface area contributed by atoms with Crippen LogP contribution in [0.2, 0.25) is 5.02 Å². The average molecular weight is 381 g/mol. The summed E-state index contributed by atoms with van der Waals surface area (Å²) in [6.45, 7) is 2.47. The molecule has 1 amide bonds. The zero-order valence-electron chi connectivity index (χ0n) is 12.8. The van der Waals surface area contributed by atoms with Crippen LogP contribution in [0.15, 0.2) is 35.7 Å². The van der Waals surface area contributed by atoms with Gasteiger partial charge < -0.3 is 5.32 Å². The summed E-state index contributed by atoms with van der Waals surface area (Å²) < 4.78 is 13.0. The van der Waals surface area contributed by atoms with Gasteiger partial charge in [-0.25, -0.2) is 9.37 Å². The van der Waals surface area contributed by atoms with Crippen molar-refractivity contribution in [2.24, 2.45) is 0 Å². The van der Waals surface area contributed by atoms with Crippen LogP contribution < -0.4 is 5.32 Å². The Bertz CT molecular complexity index is 875. The van der Waals surface area contributed by atoms with Crippen molar-refractivity contribution in [2.45, 2.75) is 13.3 Å². The fourth-order valence-electron chi connectivity index (χ4n) is 2.19. The molecule has 0 fully saturated rings. The number of rotatable bonds is 5. The Labute approximate surface area is 152 Å². The fourth-order valence-corrected chi connectivity index (χ4v) is 4.10. The fraction of sp³-hybridized carbons (Fsp3) is 0.176. The molecular weight excluding hydrogens is 367 g/mol. The number of nitrogens with one attached hydrogen (secondary N) is 1. The van der Waals surface area contributed by atoms with E-state index in [4.69, 9.17) is 11.6 Å². The van der Waals surface area contributed by atoms with E-state index in [1.54, 1.807) is 22.7 Å². The number of aromatic nitrogens is 1. The van der Waals surface area contributed by atoms with E-state index in [1.165, 1.54) is 17.0 Å². The largest absolute Gasteiger partial charge is 0.352 e. The molecule has 124 valence electrons. The van der Waals surface area contributed by atoms with E-state index in [-0.39, 0.29) is 16.5 Å². The Morgan fingerprint density at radius 2 is 2.17 bits per heavy atom. The third kappa shape index (κ3) is 4.01. The number of carbonyl (C=O) groups is 1. The minimum absolute atomic E-state index is 0.116. The molecule has 0 atom stereocenters. The molecule has 3 aromatic rings. The summed E-state index contributed by atoms with van der Waals surface area (Å²) in [5.74, 6) is -0.758. The molecule has 7 heteroatoms. The van der Waals surface area contributed by atoms with Crippen molar-refractivity contribution in [3.8, 4) is 10.6 Å². The Balaban J connectivity index is 1.57. The van der Waals surface area contributed by atoms with Crippen LogP contribution in [0.3, 0.4) is 0 Å². The van der Waals surface area contributed by atoms with Crippen LogP contribution in [0.1, 0.15) is 20.2 Å². The van der Waals surface area contributed by atoms with Gasteiger partial charge in [0.25, 0.3) is 5.91 Å². The number of amides is 1. The van der Waals surface area contributed by atoms with Gasteiger partial charge >= 0.3 is 0 Å². The van der Waals surface area contributed by atoms with Gasteiger partial charge in [0.15, 0.2) is 0 Å². The van der Waals surface area contributed by atoms with E-state index in [0.717, 1.165) is 28.1 Å². The number of aryl methyl sites for hydroxylation is 1. The number of hydrogen-bond acceptors (Lipinski definition) is 4. The summed E-state index contributed by atoms with van der Waals surface area (Å²) in [5.41, 5.74) is 1.28. The lowest BCUT2D eigenvalue weighted by molar-refractivity contribution is 0.0954. The normalized spacial score (nSPS) is 10.8. The lowest BCUT2D eigenvalue weighted by atomic mass is 10.2. The minimum Gasteiger partial charge on any atom is -0.352 e. The second kappa shape index (κ2) is 7.42. The van der Waals surface area contributed by atoms with E-state index in [9.17, 15) is 9.18 Å². The first-order valence-corrected chi connectivity index (χ1v) is 9.35. The lowest BCUT2D eigenvalue weighted by Crippen LogP contribution is -2.25. The molecule has 3 rings (SSSR count). The summed E-state index contributed by atoms with van der Waals surface area (Å²) in [6.07, 6.45) is 0.721. The minimum atomic E-state index is -0.458. The molecule has 1 N–H and O–H groups in total. The van der Waals surface area contributed by atoms with Gasteiger partial charge in [-0.15, -0.1) is 22.7 Å². The highest BCUT2D eigenvalue weighted by atomic mass is 35.5. The molecule has 3 nitrogen and oxygen atoms in total. The highest BCUT2D eigenvalue weighted by molar-refractivity contribution is 7.16. The van der Waals surface area contributed by atoms with E-state index < -0.39 is 5.82 Å². The number of benzene rings is 1. The first-order valence-electron chi connectivity index (χ1n) is 7.27. The maximum Gasteiger partial charge on any atom is 0.252 e. The number of carbonyl (C=O) groups excluding carboxylic acids is 1. The number of halogens is 2. The molecule has 0 saturated carbocycles. The second-order valence-corrected chi connectivity index (χ2v) is 7.79. The van der Waals surface area contributed by atoms with Gasteiger partial charge in [-0.05, 0) is 43.7 Å². The highest BCUT2D eigenvalue weighted by Crippen LogP contribution is 2.29. The highest BCUT2D eigenvalue weighted by Gasteiger charge is 2.11. The van der Waals surface area contributed by atoms with E-state index in [0.29, 0.717) is 6.54 Å². The predicted octanol–water partition coefficient (Wildman–Crippen LogP) is 4.95. The third-order valence-corrected chi connectivity index (χ3v) is 5.62. The Morgan fingerprint density at radius 1 is 1.33 bits per heavy atom. The van der Waals surface area contributed by atoms with Gasteiger partial charge in [0.1, 0.15) is 5.82 Å². The lowest BCUT2D eigenvalue weighted by Gasteiger charge is -2.06. The predicted molar refractivity (Wildman–Crippen MR) is 97.6 cm³/mol. The molecule has 0 unspecified atom stereocenters. The Morgan fingerprint density at radius 3 is 2.88 bits per heavy atom. The zero-order valence-corrected chi connectivity index (χ0v) is 15.2. The van der Waals surface area contributed by atoms with Crippen LogP contribution in [0.5, 0.6) is 0 Å². The van der Waals surface area contributed by atoms with Gasteiger partial charge in [-0.1, -0.05) is 11.6 Å². The molecule has 0 bridgehead atoms. The molecular formula is C17H14ClFN2OS2. The molecule has 0 spiro atoms. The molecule has 2 heterocycles. The average Bonchev–Trinajstić information content (AvgIpc) is 3.16. The van der Waals surface area contributed by atoms with Crippen molar-refractivity contribution < 1.29 is 9.18 Å². The molecule has 0 radical (unpaired) electrons. The third-order valence-electron chi connectivity index (χ3n) is 3.37. The van der Waals surface area contributed by atoms with Crippen LogP contribution in [-0.2, 0) is 6.42 Å². The number of thiazole rings is 1. The van der Waals surface area contributed by atoms with Crippen molar-refractivity contribution in [2.75, 3.05) is 6.54 Å². The van der Waals surface area contributed by atoms with Crippen LogP contribution in [0.25, 0.3) is 10.6 Å². The first kappa shape index (κ1) is 17.1. The molecule has 1 aromatic carbocycles. The maximum absolute atomic E-state index is 13.0. The van der Waals surface area contributed by atoms with Crippen LogP contribution >= 0.6 is 34.3 Å². The topological polar surface area (TPSA) is 42.0 Å². The summed E-state index contributed by atoms with van der Waals surface area (Å²) >= 11 is 9.19. The monoisotopic (exact) mass is 380 g/mol. The standard InChI is InChI=1S/C17H14ClFN2OS2/c1-10-21-15(9-23-10)16-5-3-12(24-16)6-7-20-17(22)13-4-2-11(19)8-14(13)18/h2-5,8-9H,6-7H2,1H3,(H,20,22). The molecule has 0 aliphatic carbocycles. The first-order chi connectivity index (χ1) is 11.5. The van der Waals surface area contributed by atoms with E-state index in [2.05, 4.69) is 10.3 Å². The van der Waals surface area contributed by atoms with E-state index >= 15 is 0 Å².